The molecule has 170 valence electrons. The number of rotatable bonds is 8. The van der Waals surface area contributed by atoms with Gasteiger partial charge in [0.05, 0.1) is 7.11 Å². The van der Waals surface area contributed by atoms with Crippen LogP contribution >= 0.6 is 0 Å². The van der Waals surface area contributed by atoms with E-state index in [1.54, 1.807) is 13.8 Å². The minimum atomic E-state index is -1.06. The highest BCUT2D eigenvalue weighted by atomic mass is 16.6. The average molecular weight is 437 g/mol. The van der Waals surface area contributed by atoms with Gasteiger partial charge in [-0.05, 0) is 62.4 Å². The molecular weight excluding hydrogens is 404 g/mol. The monoisotopic (exact) mass is 436 g/mol. The highest BCUT2D eigenvalue weighted by molar-refractivity contribution is 5.78. The highest BCUT2D eigenvalue weighted by Gasteiger charge is 2.31. The number of hydrogen-bond donors (Lipinski definition) is 0. The fraction of sp³-hybridized carbons (Fsp3) is 0.462. The number of benzene rings is 2. The van der Waals surface area contributed by atoms with E-state index in [0.717, 1.165) is 23.2 Å². The predicted octanol–water partition coefficient (Wildman–Crippen LogP) is 5.75. The molecule has 1 aliphatic carbocycles. The molecule has 4 rings (SSSR count). The lowest BCUT2D eigenvalue weighted by molar-refractivity contribution is -0.156. The van der Waals surface area contributed by atoms with E-state index in [0.29, 0.717) is 24.2 Å². The van der Waals surface area contributed by atoms with Crippen LogP contribution in [0.4, 0.5) is 6.01 Å². The van der Waals surface area contributed by atoms with Gasteiger partial charge in [-0.1, -0.05) is 43.5 Å². The maximum Gasteiger partial charge on any atom is 0.349 e. The first-order valence-electron chi connectivity index (χ1n) is 11.4. The Labute approximate surface area is 189 Å². The molecule has 0 bridgehead atoms. The van der Waals surface area contributed by atoms with Gasteiger partial charge < -0.3 is 18.8 Å². The van der Waals surface area contributed by atoms with Gasteiger partial charge >= 0.3 is 5.97 Å². The Morgan fingerprint density at radius 2 is 1.91 bits per heavy atom. The van der Waals surface area contributed by atoms with Gasteiger partial charge in [0.25, 0.3) is 6.01 Å². The van der Waals surface area contributed by atoms with Crippen LogP contribution in [0.1, 0.15) is 51.5 Å². The predicted molar refractivity (Wildman–Crippen MR) is 125 cm³/mol. The fourth-order valence-electron chi connectivity index (χ4n) is 4.40. The van der Waals surface area contributed by atoms with Gasteiger partial charge in [-0.3, -0.25) is 0 Å². The van der Waals surface area contributed by atoms with Crippen LogP contribution < -0.4 is 9.64 Å². The van der Waals surface area contributed by atoms with Crippen LogP contribution in [0.25, 0.3) is 11.1 Å². The number of carbonyl (C=O) groups is 1. The lowest BCUT2D eigenvalue weighted by atomic mass is 9.89. The van der Waals surface area contributed by atoms with E-state index < -0.39 is 11.6 Å². The van der Waals surface area contributed by atoms with Crippen molar-refractivity contribution in [2.75, 3.05) is 18.6 Å². The number of esters is 1. The maximum atomic E-state index is 12.0. The lowest BCUT2D eigenvalue weighted by Crippen LogP contribution is -2.39. The Kier molecular flexibility index (Phi) is 6.68. The Balaban J connectivity index is 1.57. The van der Waals surface area contributed by atoms with Crippen LogP contribution in [0, 0.1) is 5.92 Å². The summed E-state index contributed by atoms with van der Waals surface area (Å²) in [5.74, 6) is 0.859. The molecule has 0 atom stereocenters. The van der Waals surface area contributed by atoms with E-state index in [1.807, 2.05) is 42.5 Å². The second-order valence-electron chi connectivity index (χ2n) is 9.10. The molecule has 0 radical (unpaired) electrons. The van der Waals surface area contributed by atoms with Crippen molar-refractivity contribution in [3.8, 4) is 5.75 Å². The van der Waals surface area contributed by atoms with E-state index in [2.05, 4.69) is 11.0 Å². The van der Waals surface area contributed by atoms with Crippen molar-refractivity contribution in [1.82, 2.24) is 4.98 Å². The molecule has 0 N–H and O–H groups in total. The molecular formula is C26H32N2O4. The quantitative estimate of drug-likeness (QED) is 0.419. The average Bonchev–Trinajstić information content (AvgIpc) is 3.23. The zero-order chi connectivity index (χ0) is 22.6. The summed E-state index contributed by atoms with van der Waals surface area (Å²) in [7, 11) is 1.37. The molecule has 3 aromatic rings. The van der Waals surface area contributed by atoms with E-state index in [1.165, 1.54) is 39.2 Å². The number of para-hydroxylation sites is 2. The van der Waals surface area contributed by atoms with E-state index in [9.17, 15) is 4.79 Å². The molecule has 1 fully saturated rings. The number of aromatic nitrogens is 1. The second kappa shape index (κ2) is 9.63. The summed E-state index contributed by atoms with van der Waals surface area (Å²) in [6.07, 6.45) is 6.39. The van der Waals surface area contributed by atoms with Crippen LogP contribution in [0.3, 0.4) is 0 Å². The first-order valence-corrected chi connectivity index (χ1v) is 11.4. The van der Waals surface area contributed by atoms with Gasteiger partial charge in [-0.15, -0.1) is 0 Å². The largest absolute Gasteiger partial charge is 0.476 e. The summed E-state index contributed by atoms with van der Waals surface area (Å²) in [5, 5.41) is 0. The number of nitrogens with zero attached hydrogens (tertiary/aromatic N) is 2. The molecule has 0 saturated heterocycles. The highest BCUT2D eigenvalue weighted by Crippen LogP contribution is 2.30. The van der Waals surface area contributed by atoms with Gasteiger partial charge in [-0.2, -0.15) is 4.98 Å². The normalized spacial score (nSPS) is 15.0. The van der Waals surface area contributed by atoms with Crippen molar-refractivity contribution in [2.24, 2.45) is 5.92 Å². The molecule has 1 aromatic heterocycles. The zero-order valence-electron chi connectivity index (χ0n) is 19.2. The van der Waals surface area contributed by atoms with E-state index >= 15 is 0 Å². The number of methoxy groups -OCH3 is 1. The SMILES string of the molecule is COC(=O)C(C)(C)Oc1cccc(CN(CC2CCCCC2)c2nc3ccccc3o2)c1. The second-order valence-corrected chi connectivity index (χ2v) is 9.10. The maximum absolute atomic E-state index is 12.0. The van der Waals surface area contributed by atoms with E-state index in [-0.39, 0.29) is 0 Å². The summed E-state index contributed by atoms with van der Waals surface area (Å²) in [6.45, 7) is 4.98. The third-order valence-corrected chi connectivity index (χ3v) is 6.08. The summed E-state index contributed by atoms with van der Waals surface area (Å²) in [6, 6.07) is 16.4. The van der Waals surface area contributed by atoms with Crippen LogP contribution in [-0.2, 0) is 16.1 Å². The molecule has 2 aromatic carbocycles. The van der Waals surface area contributed by atoms with Crippen molar-refractivity contribution in [1.29, 1.82) is 0 Å². The molecule has 32 heavy (non-hydrogen) atoms. The summed E-state index contributed by atoms with van der Waals surface area (Å²) in [5.41, 5.74) is 1.68. The molecule has 0 amide bonds. The third-order valence-electron chi connectivity index (χ3n) is 6.08. The van der Waals surface area contributed by atoms with Crippen molar-refractivity contribution >= 4 is 23.1 Å². The van der Waals surface area contributed by atoms with Crippen LogP contribution in [0.15, 0.2) is 52.9 Å². The Bertz CT molecular complexity index is 1020. The van der Waals surface area contributed by atoms with Crippen molar-refractivity contribution in [3.05, 3.63) is 54.1 Å². The third kappa shape index (κ3) is 5.23. The molecule has 0 unspecified atom stereocenters. The standard InChI is InChI=1S/C26H32N2O4/c1-26(2,24(29)30-3)32-21-13-9-12-20(16-21)18-28(17-19-10-5-4-6-11-19)25-27-22-14-7-8-15-23(22)31-25/h7-9,12-16,19H,4-6,10-11,17-18H2,1-3H3. The smallest absolute Gasteiger partial charge is 0.349 e. The first-order chi connectivity index (χ1) is 15.4. The minimum absolute atomic E-state index is 0.409. The van der Waals surface area contributed by atoms with Gasteiger partial charge in [0.1, 0.15) is 11.3 Å². The minimum Gasteiger partial charge on any atom is -0.476 e. The number of fused-ring (bicyclic) bond motifs is 1. The number of ether oxygens (including phenoxy) is 2. The molecule has 0 aliphatic heterocycles. The summed E-state index contributed by atoms with van der Waals surface area (Å²) in [4.78, 5) is 19.0. The Hall–Kier alpha value is -3.02. The van der Waals surface area contributed by atoms with Gasteiger partial charge in [0.2, 0.25) is 0 Å². The van der Waals surface area contributed by atoms with Gasteiger partial charge in [0.15, 0.2) is 11.2 Å². The number of anilines is 1. The molecule has 1 heterocycles. The summed E-state index contributed by atoms with van der Waals surface area (Å²) >= 11 is 0. The lowest BCUT2D eigenvalue weighted by Gasteiger charge is -2.29. The molecule has 6 heteroatoms. The number of carbonyl (C=O) groups excluding carboxylic acids is 1. The Morgan fingerprint density at radius 1 is 1.12 bits per heavy atom. The van der Waals surface area contributed by atoms with Crippen LogP contribution in [0.5, 0.6) is 5.75 Å². The first kappa shape index (κ1) is 22.2. The summed E-state index contributed by atoms with van der Waals surface area (Å²) < 4.78 is 16.9. The Morgan fingerprint density at radius 3 is 2.66 bits per heavy atom. The number of hydrogen-bond acceptors (Lipinski definition) is 6. The molecule has 6 nitrogen and oxygen atoms in total. The van der Waals surface area contributed by atoms with Gasteiger partial charge in [0, 0.05) is 13.1 Å². The fourth-order valence-corrected chi connectivity index (χ4v) is 4.40. The van der Waals surface area contributed by atoms with Crippen molar-refractivity contribution in [2.45, 2.75) is 58.1 Å². The van der Waals surface area contributed by atoms with E-state index in [4.69, 9.17) is 18.9 Å². The molecule has 0 spiro atoms. The van der Waals surface area contributed by atoms with Crippen molar-refractivity contribution in [3.63, 3.8) is 0 Å². The number of oxazole rings is 1. The molecule has 1 saturated carbocycles. The van der Waals surface area contributed by atoms with Gasteiger partial charge in [-0.25, -0.2) is 4.79 Å². The zero-order valence-corrected chi connectivity index (χ0v) is 19.2. The van der Waals surface area contributed by atoms with Crippen LogP contribution in [-0.4, -0.2) is 30.2 Å². The molecule has 1 aliphatic rings. The van der Waals surface area contributed by atoms with Crippen LogP contribution in [0.2, 0.25) is 0 Å². The topological polar surface area (TPSA) is 64.8 Å². The van der Waals surface area contributed by atoms with Crippen molar-refractivity contribution < 1.29 is 18.7 Å².